The minimum absolute atomic E-state index is 0.209. The molecule has 1 atom stereocenters. The molecule has 0 fully saturated rings. The average molecular weight is 284 g/mol. The Balaban J connectivity index is 2.20. The first kappa shape index (κ1) is 13.5. The third-order valence-corrected chi connectivity index (χ3v) is 3.79. The lowest BCUT2D eigenvalue weighted by Gasteiger charge is -2.16. The number of furan rings is 1. The Kier molecular flexibility index (Phi) is 4.33. The van der Waals surface area contributed by atoms with Gasteiger partial charge in [0.15, 0.2) is 0 Å². The van der Waals surface area contributed by atoms with Crippen LogP contribution in [0, 0.1) is 6.92 Å². The zero-order valence-corrected chi connectivity index (χ0v) is 11.8. The van der Waals surface area contributed by atoms with Gasteiger partial charge in [-0.25, -0.2) is 0 Å². The first-order chi connectivity index (χ1) is 8.61. The van der Waals surface area contributed by atoms with Gasteiger partial charge in [0.2, 0.25) is 0 Å². The molecule has 4 heteroatoms. The lowest BCUT2D eigenvalue weighted by molar-refractivity contribution is 0.512. The summed E-state index contributed by atoms with van der Waals surface area (Å²) in [7, 11) is 1.94. The van der Waals surface area contributed by atoms with E-state index in [9.17, 15) is 0 Å². The zero-order valence-electron chi connectivity index (χ0n) is 10.3. The molecule has 1 aromatic heterocycles. The van der Waals surface area contributed by atoms with E-state index in [1.54, 1.807) is 6.26 Å². The van der Waals surface area contributed by atoms with Crippen LogP contribution >= 0.6 is 23.2 Å². The molecule has 0 aliphatic heterocycles. The number of likely N-dealkylation sites (N-methyl/N-ethyl adjacent to an activating group) is 1. The van der Waals surface area contributed by atoms with Crippen LogP contribution in [0.3, 0.4) is 0 Å². The number of aryl methyl sites for hydroxylation is 1. The fraction of sp³-hybridized carbons (Fsp3) is 0.286. The van der Waals surface area contributed by atoms with Crippen molar-refractivity contribution in [3.63, 3.8) is 0 Å². The molecular weight excluding hydrogens is 269 g/mol. The number of hydrogen-bond donors (Lipinski definition) is 1. The molecule has 96 valence electrons. The number of nitrogens with one attached hydrogen (secondary N) is 1. The Labute approximate surface area is 117 Å². The van der Waals surface area contributed by atoms with E-state index in [1.807, 2.05) is 38.2 Å². The Morgan fingerprint density at radius 1 is 1.22 bits per heavy atom. The predicted molar refractivity (Wildman–Crippen MR) is 75.4 cm³/mol. The molecule has 2 aromatic rings. The van der Waals surface area contributed by atoms with Crippen molar-refractivity contribution in [2.24, 2.45) is 0 Å². The van der Waals surface area contributed by atoms with Crippen LogP contribution in [0.25, 0.3) is 0 Å². The van der Waals surface area contributed by atoms with Crippen molar-refractivity contribution >= 4 is 23.2 Å². The minimum atomic E-state index is 0.209. The highest BCUT2D eigenvalue weighted by molar-refractivity contribution is 6.42. The van der Waals surface area contributed by atoms with E-state index in [0.717, 1.165) is 17.7 Å². The fourth-order valence-corrected chi connectivity index (χ4v) is 2.35. The smallest absolute Gasteiger partial charge is 0.105 e. The maximum absolute atomic E-state index is 6.03. The van der Waals surface area contributed by atoms with Crippen molar-refractivity contribution in [3.8, 4) is 0 Å². The summed E-state index contributed by atoms with van der Waals surface area (Å²) < 4.78 is 5.34. The van der Waals surface area contributed by atoms with Gasteiger partial charge in [0.1, 0.15) is 5.76 Å². The van der Waals surface area contributed by atoms with Crippen molar-refractivity contribution < 1.29 is 4.42 Å². The summed E-state index contributed by atoms with van der Waals surface area (Å²) in [5.41, 5.74) is 2.31. The second kappa shape index (κ2) is 5.79. The molecule has 18 heavy (non-hydrogen) atoms. The van der Waals surface area contributed by atoms with Crippen molar-refractivity contribution in [1.82, 2.24) is 5.32 Å². The highest BCUT2D eigenvalue weighted by Gasteiger charge is 2.15. The molecule has 0 saturated heterocycles. The number of hydrogen-bond acceptors (Lipinski definition) is 2. The molecule has 2 rings (SSSR count). The monoisotopic (exact) mass is 283 g/mol. The van der Waals surface area contributed by atoms with Crippen LogP contribution in [0.2, 0.25) is 10.0 Å². The molecule has 0 bridgehead atoms. The number of benzene rings is 1. The van der Waals surface area contributed by atoms with Crippen molar-refractivity contribution in [3.05, 3.63) is 57.5 Å². The van der Waals surface area contributed by atoms with Gasteiger partial charge in [0.05, 0.1) is 16.3 Å². The van der Waals surface area contributed by atoms with E-state index in [0.29, 0.717) is 10.0 Å². The lowest BCUT2D eigenvalue weighted by Crippen LogP contribution is -2.19. The molecule has 0 amide bonds. The van der Waals surface area contributed by atoms with Gasteiger partial charge < -0.3 is 9.73 Å². The van der Waals surface area contributed by atoms with Gasteiger partial charge in [0, 0.05) is 11.6 Å². The molecule has 1 unspecified atom stereocenters. The van der Waals surface area contributed by atoms with E-state index in [2.05, 4.69) is 5.32 Å². The third kappa shape index (κ3) is 2.89. The Morgan fingerprint density at radius 3 is 2.56 bits per heavy atom. The molecule has 0 aliphatic rings. The Hall–Kier alpha value is -0.960. The Morgan fingerprint density at radius 2 is 2.00 bits per heavy atom. The molecule has 1 heterocycles. The van der Waals surface area contributed by atoms with Gasteiger partial charge in [0.25, 0.3) is 0 Å². The molecule has 2 nitrogen and oxygen atoms in total. The first-order valence-electron chi connectivity index (χ1n) is 5.77. The standard InChI is InChI=1S/C14H15Cl2NO/c1-9-11(5-6-18-9)14(17-2)8-10-3-4-12(15)13(16)7-10/h3-7,14,17H,8H2,1-2H3. The summed E-state index contributed by atoms with van der Waals surface area (Å²) in [6.07, 6.45) is 2.55. The van der Waals surface area contributed by atoms with Crippen LogP contribution in [-0.4, -0.2) is 7.05 Å². The quantitative estimate of drug-likeness (QED) is 0.900. The number of halogens is 2. The van der Waals surface area contributed by atoms with E-state index < -0.39 is 0 Å². The second-order valence-electron chi connectivity index (χ2n) is 4.23. The van der Waals surface area contributed by atoms with Crippen molar-refractivity contribution in [2.45, 2.75) is 19.4 Å². The van der Waals surface area contributed by atoms with Gasteiger partial charge in [-0.2, -0.15) is 0 Å². The SMILES string of the molecule is CNC(Cc1ccc(Cl)c(Cl)c1)c1ccoc1C. The molecule has 0 radical (unpaired) electrons. The topological polar surface area (TPSA) is 25.2 Å². The van der Waals surface area contributed by atoms with Gasteiger partial charge in [-0.15, -0.1) is 0 Å². The van der Waals surface area contributed by atoms with Crippen LogP contribution in [0.1, 0.15) is 22.9 Å². The van der Waals surface area contributed by atoms with Crippen LogP contribution in [0.15, 0.2) is 34.9 Å². The second-order valence-corrected chi connectivity index (χ2v) is 5.04. The summed E-state index contributed by atoms with van der Waals surface area (Å²) in [6, 6.07) is 7.93. The largest absolute Gasteiger partial charge is 0.469 e. The van der Waals surface area contributed by atoms with Crippen LogP contribution in [-0.2, 0) is 6.42 Å². The van der Waals surface area contributed by atoms with Gasteiger partial charge in [-0.05, 0) is 44.2 Å². The van der Waals surface area contributed by atoms with Crippen LogP contribution < -0.4 is 5.32 Å². The van der Waals surface area contributed by atoms with Gasteiger partial charge in [-0.1, -0.05) is 29.3 Å². The van der Waals surface area contributed by atoms with E-state index in [-0.39, 0.29) is 6.04 Å². The van der Waals surface area contributed by atoms with Gasteiger partial charge >= 0.3 is 0 Å². The van der Waals surface area contributed by atoms with E-state index in [1.165, 1.54) is 5.56 Å². The Bertz CT molecular complexity index is 536. The molecule has 0 saturated carbocycles. The summed E-state index contributed by atoms with van der Waals surface area (Å²) in [4.78, 5) is 0. The number of rotatable bonds is 4. The maximum Gasteiger partial charge on any atom is 0.105 e. The molecule has 0 aliphatic carbocycles. The molecular formula is C14H15Cl2NO. The fourth-order valence-electron chi connectivity index (χ4n) is 2.03. The van der Waals surface area contributed by atoms with E-state index >= 15 is 0 Å². The van der Waals surface area contributed by atoms with Gasteiger partial charge in [-0.3, -0.25) is 0 Å². The highest BCUT2D eigenvalue weighted by Crippen LogP contribution is 2.27. The first-order valence-corrected chi connectivity index (χ1v) is 6.52. The van der Waals surface area contributed by atoms with Crippen LogP contribution in [0.4, 0.5) is 0 Å². The normalized spacial score (nSPS) is 12.7. The zero-order chi connectivity index (χ0) is 13.1. The average Bonchev–Trinajstić information content (AvgIpc) is 2.77. The molecule has 1 N–H and O–H groups in total. The predicted octanol–water partition coefficient (Wildman–Crippen LogP) is 4.40. The summed E-state index contributed by atoms with van der Waals surface area (Å²) >= 11 is 11.9. The molecule has 1 aromatic carbocycles. The molecule has 0 spiro atoms. The summed E-state index contributed by atoms with van der Waals surface area (Å²) in [5, 5.41) is 4.47. The minimum Gasteiger partial charge on any atom is -0.469 e. The van der Waals surface area contributed by atoms with Crippen LogP contribution in [0.5, 0.6) is 0 Å². The maximum atomic E-state index is 6.03. The summed E-state index contributed by atoms with van der Waals surface area (Å²) in [6.45, 7) is 1.97. The lowest BCUT2D eigenvalue weighted by atomic mass is 9.99. The van der Waals surface area contributed by atoms with Crippen molar-refractivity contribution in [1.29, 1.82) is 0 Å². The summed E-state index contributed by atoms with van der Waals surface area (Å²) in [5.74, 6) is 0.939. The highest BCUT2D eigenvalue weighted by atomic mass is 35.5. The van der Waals surface area contributed by atoms with E-state index in [4.69, 9.17) is 27.6 Å². The van der Waals surface area contributed by atoms with Crippen molar-refractivity contribution in [2.75, 3.05) is 7.05 Å². The third-order valence-electron chi connectivity index (χ3n) is 3.05.